The van der Waals surface area contributed by atoms with Crippen molar-refractivity contribution >= 4 is 17.8 Å². The SMILES string of the molecule is CCCC[C@@H]([C@@H](O)C(=O)Nc1ccn[nH]1)N(C(=O)[O-])[C@@H](c1nnc(-c2cc(C(F)(F)F)cc(C(F)(F)F)c2)o1)C(C)(C)C. The molecule has 0 aliphatic carbocycles. The molecule has 2 heterocycles. The van der Waals surface area contributed by atoms with Gasteiger partial charge in [-0.2, -0.15) is 31.4 Å². The number of amides is 2. The molecule has 0 saturated heterocycles. The van der Waals surface area contributed by atoms with Crippen molar-refractivity contribution in [2.75, 3.05) is 5.32 Å². The number of aliphatic hydroxyl groups is 1. The van der Waals surface area contributed by atoms with Crippen molar-refractivity contribution in [1.82, 2.24) is 25.3 Å². The first kappa shape index (κ1) is 33.4. The lowest BCUT2D eigenvalue weighted by Gasteiger charge is -2.45. The molecular formula is C26H29F6N6O5-. The number of carboxylic acid groups (broad SMARTS) is 1. The first-order chi connectivity index (χ1) is 19.8. The van der Waals surface area contributed by atoms with Crippen LogP contribution in [0.25, 0.3) is 11.5 Å². The normalized spacial score (nSPS) is 14.7. The second-order valence-corrected chi connectivity index (χ2v) is 10.8. The van der Waals surface area contributed by atoms with Crippen LogP contribution in [0.15, 0.2) is 34.9 Å². The van der Waals surface area contributed by atoms with E-state index in [1.54, 1.807) is 6.92 Å². The van der Waals surface area contributed by atoms with Crippen molar-refractivity contribution in [3.05, 3.63) is 47.5 Å². The van der Waals surface area contributed by atoms with E-state index in [0.29, 0.717) is 29.9 Å². The standard InChI is InChI=1S/C26H30F6N6O5/c1-5-6-7-16(18(39)20(40)34-17-8-9-33-35-17)38(23(41)42)19(24(2,3)4)22-37-36-21(43-22)13-10-14(25(27,28)29)12-15(11-13)26(30,31)32/h8-12,16,18-19,39H,5-7H2,1-4H3,(H,41,42)(H2,33,34,35,40)/p-1/t16-,18+,19-/m0/s1. The molecule has 236 valence electrons. The van der Waals surface area contributed by atoms with Gasteiger partial charge in [0.1, 0.15) is 18.0 Å². The lowest BCUT2D eigenvalue weighted by molar-refractivity contribution is -0.276. The van der Waals surface area contributed by atoms with E-state index in [4.69, 9.17) is 4.42 Å². The molecule has 3 N–H and O–H groups in total. The van der Waals surface area contributed by atoms with Crippen LogP contribution >= 0.6 is 0 Å². The number of H-pyrrole nitrogens is 1. The Morgan fingerprint density at radius 1 is 1.07 bits per heavy atom. The van der Waals surface area contributed by atoms with E-state index in [1.807, 2.05) is 0 Å². The highest BCUT2D eigenvalue weighted by molar-refractivity contribution is 5.94. The third-order valence-corrected chi connectivity index (χ3v) is 6.42. The number of halogens is 6. The number of nitrogens with zero attached hydrogens (tertiary/aromatic N) is 4. The molecule has 0 radical (unpaired) electrons. The number of nitrogens with one attached hydrogen (secondary N) is 2. The highest BCUT2D eigenvalue weighted by atomic mass is 19.4. The third kappa shape index (κ3) is 8.03. The monoisotopic (exact) mass is 619 g/mol. The van der Waals surface area contributed by atoms with Gasteiger partial charge in [0, 0.05) is 11.6 Å². The molecule has 17 heteroatoms. The summed E-state index contributed by atoms with van der Waals surface area (Å²) in [4.78, 5) is 26.1. The third-order valence-electron chi connectivity index (χ3n) is 6.42. The number of aromatic nitrogens is 4. The molecule has 11 nitrogen and oxygen atoms in total. The Morgan fingerprint density at radius 2 is 1.67 bits per heavy atom. The van der Waals surface area contributed by atoms with Gasteiger partial charge >= 0.3 is 12.4 Å². The summed E-state index contributed by atoms with van der Waals surface area (Å²) in [5.41, 5.74) is -5.09. The maximum Gasteiger partial charge on any atom is 0.416 e. The Hall–Kier alpha value is -4.15. The molecule has 0 spiro atoms. The maximum atomic E-state index is 13.4. The van der Waals surface area contributed by atoms with Crippen LogP contribution in [-0.4, -0.2) is 54.5 Å². The van der Waals surface area contributed by atoms with Crippen LogP contribution in [0.4, 0.5) is 37.0 Å². The predicted octanol–water partition coefficient (Wildman–Crippen LogP) is 4.79. The molecule has 2 aromatic heterocycles. The first-order valence-electron chi connectivity index (χ1n) is 13.0. The number of carbonyl (C=O) groups is 2. The smallest absolute Gasteiger partial charge is 0.416 e. The summed E-state index contributed by atoms with van der Waals surface area (Å²) in [5, 5.41) is 39.5. The lowest BCUT2D eigenvalue weighted by atomic mass is 9.83. The van der Waals surface area contributed by atoms with E-state index >= 15 is 0 Å². The van der Waals surface area contributed by atoms with Gasteiger partial charge in [0.05, 0.1) is 23.4 Å². The van der Waals surface area contributed by atoms with Gasteiger partial charge in [0.25, 0.3) is 5.91 Å². The molecule has 43 heavy (non-hydrogen) atoms. The number of hydrogen-bond donors (Lipinski definition) is 3. The Bertz CT molecular complexity index is 1370. The number of unbranched alkanes of at least 4 members (excludes halogenated alkanes) is 1. The van der Waals surface area contributed by atoms with E-state index in [-0.39, 0.29) is 18.3 Å². The van der Waals surface area contributed by atoms with Crippen molar-refractivity contribution in [2.45, 2.75) is 77.5 Å². The number of benzene rings is 1. The molecule has 2 amide bonds. The van der Waals surface area contributed by atoms with Gasteiger partial charge in [-0.25, -0.2) is 0 Å². The molecule has 0 aliphatic heterocycles. The van der Waals surface area contributed by atoms with Crippen molar-refractivity contribution in [2.24, 2.45) is 5.41 Å². The number of hydrogen-bond acceptors (Lipinski definition) is 8. The molecule has 0 bridgehead atoms. The summed E-state index contributed by atoms with van der Waals surface area (Å²) in [5.74, 6) is -2.13. The molecule has 1 aromatic carbocycles. The van der Waals surface area contributed by atoms with Gasteiger partial charge in [-0.3, -0.25) is 9.89 Å². The van der Waals surface area contributed by atoms with Gasteiger partial charge in [-0.05, 0) is 30.0 Å². The second kappa shape index (κ2) is 12.6. The fourth-order valence-corrected chi connectivity index (χ4v) is 4.45. The van der Waals surface area contributed by atoms with Crippen LogP contribution in [0.2, 0.25) is 0 Å². The molecule has 3 atom stereocenters. The number of anilines is 1. The molecule has 3 rings (SSSR count). The van der Waals surface area contributed by atoms with Gasteiger partial charge in [-0.1, -0.05) is 40.5 Å². The summed E-state index contributed by atoms with van der Waals surface area (Å²) in [6, 6.07) is -0.810. The number of carbonyl (C=O) groups excluding carboxylic acids is 2. The quantitative estimate of drug-likeness (QED) is 0.273. The van der Waals surface area contributed by atoms with E-state index in [9.17, 15) is 46.1 Å². The summed E-state index contributed by atoms with van der Waals surface area (Å²) in [7, 11) is 0. The van der Waals surface area contributed by atoms with Gasteiger partial charge < -0.3 is 29.6 Å². The Kier molecular flexibility index (Phi) is 9.78. The summed E-state index contributed by atoms with van der Waals surface area (Å²) < 4.78 is 86.0. The average Bonchev–Trinajstić information content (AvgIpc) is 3.58. The van der Waals surface area contributed by atoms with Gasteiger partial charge in [0.15, 0.2) is 6.10 Å². The predicted molar refractivity (Wildman–Crippen MR) is 136 cm³/mol. The van der Waals surface area contributed by atoms with Crippen molar-refractivity contribution in [3.63, 3.8) is 0 Å². The Balaban J connectivity index is 2.11. The van der Waals surface area contributed by atoms with E-state index < -0.39 is 76.4 Å². The minimum atomic E-state index is -5.14. The van der Waals surface area contributed by atoms with Crippen molar-refractivity contribution in [3.8, 4) is 11.5 Å². The highest BCUT2D eigenvalue weighted by Crippen LogP contribution is 2.42. The van der Waals surface area contributed by atoms with Crippen LogP contribution in [0, 0.1) is 5.41 Å². The minimum absolute atomic E-state index is 0.0435. The summed E-state index contributed by atoms with van der Waals surface area (Å²) in [6.07, 6.45) is -11.9. The van der Waals surface area contributed by atoms with Gasteiger partial charge in [0.2, 0.25) is 11.8 Å². The number of alkyl halides is 6. The zero-order chi connectivity index (χ0) is 32.3. The Morgan fingerprint density at radius 3 is 2.14 bits per heavy atom. The zero-order valence-electron chi connectivity index (χ0n) is 23.4. The van der Waals surface area contributed by atoms with E-state index in [1.165, 1.54) is 33.0 Å². The topological polar surface area (TPSA) is 160 Å². The first-order valence-corrected chi connectivity index (χ1v) is 13.0. The largest absolute Gasteiger partial charge is 0.530 e. The van der Waals surface area contributed by atoms with Crippen LogP contribution < -0.4 is 10.4 Å². The number of aliphatic hydroxyl groups excluding tert-OH is 1. The zero-order valence-corrected chi connectivity index (χ0v) is 23.4. The van der Waals surface area contributed by atoms with Crippen LogP contribution in [0.3, 0.4) is 0 Å². The van der Waals surface area contributed by atoms with Crippen LogP contribution in [0.1, 0.15) is 70.0 Å². The fraction of sp³-hybridized carbons (Fsp3) is 0.500. The van der Waals surface area contributed by atoms with Gasteiger partial charge in [-0.15, -0.1) is 10.2 Å². The maximum absolute atomic E-state index is 13.4. The second-order valence-electron chi connectivity index (χ2n) is 10.8. The van der Waals surface area contributed by atoms with Crippen LogP contribution in [0.5, 0.6) is 0 Å². The highest BCUT2D eigenvalue weighted by Gasteiger charge is 2.44. The molecule has 0 aliphatic rings. The average molecular weight is 620 g/mol. The molecule has 0 fully saturated rings. The van der Waals surface area contributed by atoms with Crippen molar-refractivity contribution in [1.29, 1.82) is 0 Å². The molecular weight excluding hydrogens is 590 g/mol. The molecule has 0 saturated carbocycles. The summed E-state index contributed by atoms with van der Waals surface area (Å²) >= 11 is 0. The Labute approximate surface area is 241 Å². The lowest BCUT2D eigenvalue weighted by Crippen LogP contribution is -2.58. The van der Waals surface area contributed by atoms with Crippen LogP contribution in [-0.2, 0) is 17.1 Å². The fourth-order valence-electron chi connectivity index (χ4n) is 4.45. The van der Waals surface area contributed by atoms with E-state index in [2.05, 4.69) is 25.7 Å². The number of rotatable bonds is 10. The van der Waals surface area contributed by atoms with Crippen molar-refractivity contribution < 1.29 is 50.6 Å². The summed E-state index contributed by atoms with van der Waals surface area (Å²) in [6.45, 7) is 6.40. The molecule has 3 aromatic rings. The minimum Gasteiger partial charge on any atom is -0.530 e. The van der Waals surface area contributed by atoms with E-state index in [0.717, 1.165) is 0 Å². The number of aromatic amines is 1. The molecule has 0 unspecified atom stereocenters.